The van der Waals surface area contributed by atoms with Gasteiger partial charge in [-0.1, -0.05) is 32.9 Å². The Morgan fingerprint density at radius 2 is 1.85 bits per heavy atom. The highest BCUT2D eigenvalue weighted by atomic mass is 19.4. The van der Waals surface area contributed by atoms with Gasteiger partial charge >= 0.3 is 6.18 Å². The van der Waals surface area contributed by atoms with Crippen LogP contribution in [-0.2, 0) is 11.0 Å². The van der Waals surface area contributed by atoms with Gasteiger partial charge < -0.3 is 0 Å². The maximum Gasteiger partial charge on any atom is 0.416 e. The van der Waals surface area contributed by atoms with E-state index in [-0.39, 0.29) is 11.1 Å². The molecule has 0 saturated carbocycles. The van der Waals surface area contributed by atoms with E-state index in [9.17, 15) is 18.0 Å². The minimum atomic E-state index is -4.45. The zero-order valence-electron chi connectivity index (χ0n) is 11.4. The Hall–Kier alpha value is -2.09. The summed E-state index contributed by atoms with van der Waals surface area (Å²) in [6.45, 7) is 4.94. The molecule has 0 N–H and O–H groups in total. The second kappa shape index (κ2) is 5.49. The summed E-state index contributed by atoms with van der Waals surface area (Å²) in [4.78, 5) is 12.0. The van der Waals surface area contributed by atoms with Crippen molar-refractivity contribution in [3.05, 3.63) is 41.0 Å². The lowest BCUT2D eigenvalue weighted by Gasteiger charge is -2.15. The minimum Gasteiger partial charge on any atom is -0.293 e. The lowest BCUT2D eigenvalue weighted by molar-refractivity contribution is -0.137. The molecule has 0 spiro atoms. The smallest absolute Gasteiger partial charge is 0.293 e. The maximum atomic E-state index is 12.6. The van der Waals surface area contributed by atoms with E-state index in [2.05, 4.69) is 0 Å². The molecule has 0 heterocycles. The second-order valence-corrected chi connectivity index (χ2v) is 5.37. The average Bonchev–Trinajstić information content (AvgIpc) is 2.33. The lowest BCUT2D eigenvalue weighted by atomic mass is 9.86. The number of ketones is 1. The summed E-state index contributed by atoms with van der Waals surface area (Å²) in [7, 11) is 0. The molecular formula is C15H14F3NO. The Kier molecular flexibility index (Phi) is 4.39. The molecule has 0 aliphatic rings. The van der Waals surface area contributed by atoms with Crippen LogP contribution in [0.5, 0.6) is 0 Å². The molecule has 0 unspecified atom stereocenters. The van der Waals surface area contributed by atoms with Crippen LogP contribution in [0.25, 0.3) is 6.08 Å². The van der Waals surface area contributed by atoms with Crippen molar-refractivity contribution in [2.24, 2.45) is 5.41 Å². The Bertz CT molecular complexity index is 586. The molecule has 0 aromatic heterocycles. The van der Waals surface area contributed by atoms with Crippen LogP contribution in [0.1, 0.15) is 31.9 Å². The van der Waals surface area contributed by atoms with Gasteiger partial charge in [-0.15, -0.1) is 0 Å². The second-order valence-electron chi connectivity index (χ2n) is 5.37. The van der Waals surface area contributed by atoms with Crippen molar-refractivity contribution < 1.29 is 18.0 Å². The topological polar surface area (TPSA) is 40.9 Å². The molecule has 1 aromatic rings. The van der Waals surface area contributed by atoms with Gasteiger partial charge in [-0.05, 0) is 23.8 Å². The summed E-state index contributed by atoms with van der Waals surface area (Å²) >= 11 is 0. The molecule has 0 aliphatic heterocycles. The van der Waals surface area contributed by atoms with E-state index in [0.29, 0.717) is 0 Å². The fourth-order valence-electron chi connectivity index (χ4n) is 1.52. The molecule has 0 radical (unpaired) electrons. The van der Waals surface area contributed by atoms with E-state index in [4.69, 9.17) is 5.26 Å². The number of nitriles is 1. The number of halogens is 3. The van der Waals surface area contributed by atoms with Crippen molar-refractivity contribution in [3.8, 4) is 6.07 Å². The minimum absolute atomic E-state index is 0.156. The van der Waals surface area contributed by atoms with E-state index >= 15 is 0 Å². The molecule has 106 valence electrons. The Balaban J connectivity index is 3.22. The number of rotatable bonds is 2. The van der Waals surface area contributed by atoms with Crippen LogP contribution in [0.2, 0.25) is 0 Å². The standard InChI is InChI=1S/C15H14F3NO/c1-14(2,3)13(20)11(9-19)7-10-5-4-6-12(8-10)15(16,17)18/h4-8H,1-3H3. The summed E-state index contributed by atoms with van der Waals surface area (Å²) in [6, 6.07) is 6.26. The predicted molar refractivity (Wildman–Crippen MR) is 69.5 cm³/mol. The molecule has 2 nitrogen and oxygen atoms in total. The van der Waals surface area contributed by atoms with Gasteiger partial charge in [0, 0.05) is 5.41 Å². The number of carbonyl (C=O) groups excluding carboxylic acids is 1. The van der Waals surface area contributed by atoms with Gasteiger partial charge in [0.05, 0.1) is 11.1 Å². The summed E-state index contributed by atoms with van der Waals surface area (Å²) in [6.07, 6.45) is -3.27. The molecular weight excluding hydrogens is 267 g/mol. The van der Waals surface area contributed by atoms with Crippen molar-refractivity contribution in [1.82, 2.24) is 0 Å². The third-order valence-electron chi connectivity index (χ3n) is 2.57. The highest BCUT2D eigenvalue weighted by molar-refractivity contribution is 6.06. The number of alkyl halides is 3. The van der Waals surface area contributed by atoms with Crippen molar-refractivity contribution in [3.63, 3.8) is 0 Å². The highest BCUT2D eigenvalue weighted by Crippen LogP contribution is 2.30. The number of benzene rings is 1. The summed E-state index contributed by atoms with van der Waals surface area (Å²) in [5, 5.41) is 8.99. The van der Waals surface area contributed by atoms with Crippen molar-refractivity contribution in [2.75, 3.05) is 0 Å². The number of carbonyl (C=O) groups is 1. The van der Waals surface area contributed by atoms with Crippen LogP contribution in [0, 0.1) is 16.7 Å². The Labute approximate surface area is 115 Å². The quantitative estimate of drug-likeness (QED) is 0.601. The maximum absolute atomic E-state index is 12.6. The molecule has 1 rings (SSSR count). The average molecular weight is 281 g/mol. The predicted octanol–water partition coefficient (Wildman–Crippen LogP) is 4.23. The number of allylic oxidation sites excluding steroid dienone is 1. The molecule has 0 atom stereocenters. The van der Waals surface area contributed by atoms with Gasteiger partial charge in [-0.25, -0.2) is 0 Å². The number of hydrogen-bond donors (Lipinski definition) is 0. The van der Waals surface area contributed by atoms with Gasteiger partial charge in [0.2, 0.25) is 0 Å². The molecule has 0 amide bonds. The summed E-state index contributed by atoms with van der Waals surface area (Å²) in [5.41, 5.74) is -1.55. The van der Waals surface area contributed by atoms with Gasteiger partial charge in [-0.3, -0.25) is 4.79 Å². The molecule has 1 aromatic carbocycles. The zero-order chi connectivity index (χ0) is 15.6. The first kappa shape index (κ1) is 16.0. The molecule has 0 bridgehead atoms. The van der Waals surface area contributed by atoms with E-state index in [0.717, 1.165) is 12.1 Å². The fraction of sp³-hybridized carbons (Fsp3) is 0.333. The van der Waals surface area contributed by atoms with Crippen molar-refractivity contribution in [2.45, 2.75) is 26.9 Å². The third kappa shape index (κ3) is 3.95. The van der Waals surface area contributed by atoms with Crippen molar-refractivity contribution >= 4 is 11.9 Å². The molecule has 5 heteroatoms. The zero-order valence-corrected chi connectivity index (χ0v) is 11.4. The van der Waals surface area contributed by atoms with E-state index in [1.54, 1.807) is 26.8 Å². The molecule has 0 fully saturated rings. The van der Waals surface area contributed by atoms with E-state index in [1.807, 2.05) is 0 Å². The number of Topliss-reactive ketones (excluding diaryl/α,β-unsaturated/α-hetero) is 1. The van der Waals surface area contributed by atoms with E-state index < -0.39 is 22.9 Å². The SMILES string of the molecule is CC(C)(C)C(=O)C(C#N)=Cc1cccc(C(F)(F)F)c1. The van der Waals surface area contributed by atoms with Gasteiger partial charge in [0.15, 0.2) is 5.78 Å². The van der Waals surface area contributed by atoms with Gasteiger partial charge in [-0.2, -0.15) is 18.4 Å². The molecule has 20 heavy (non-hydrogen) atoms. The summed E-state index contributed by atoms with van der Waals surface area (Å²) in [5.74, 6) is -0.405. The number of nitrogens with zero attached hydrogens (tertiary/aromatic N) is 1. The van der Waals surface area contributed by atoms with Crippen molar-refractivity contribution in [1.29, 1.82) is 5.26 Å². The van der Waals surface area contributed by atoms with Crippen LogP contribution in [-0.4, -0.2) is 5.78 Å². The highest BCUT2D eigenvalue weighted by Gasteiger charge is 2.30. The Morgan fingerprint density at radius 1 is 1.25 bits per heavy atom. The Morgan fingerprint density at radius 3 is 2.30 bits per heavy atom. The molecule has 0 saturated heterocycles. The van der Waals surface area contributed by atoms with Crippen LogP contribution < -0.4 is 0 Å². The fourth-order valence-corrected chi connectivity index (χ4v) is 1.52. The van der Waals surface area contributed by atoms with Crippen LogP contribution >= 0.6 is 0 Å². The summed E-state index contributed by atoms with van der Waals surface area (Å²) < 4.78 is 37.7. The first-order chi connectivity index (χ1) is 9.05. The lowest BCUT2D eigenvalue weighted by Crippen LogP contribution is -2.21. The van der Waals surface area contributed by atoms with Crippen LogP contribution in [0.4, 0.5) is 13.2 Å². The van der Waals surface area contributed by atoms with Crippen LogP contribution in [0.15, 0.2) is 29.8 Å². The van der Waals surface area contributed by atoms with E-state index in [1.165, 1.54) is 18.2 Å². The van der Waals surface area contributed by atoms with Crippen LogP contribution in [0.3, 0.4) is 0 Å². The van der Waals surface area contributed by atoms with Gasteiger partial charge in [0.1, 0.15) is 6.07 Å². The first-order valence-electron chi connectivity index (χ1n) is 5.89. The van der Waals surface area contributed by atoms with Gasteiger partial charge in [0.25, 0.3) is 0 Å². The largest absolute Gasteiger partial charge is 0.416 e. The first-order valence-corrected chi connectivity index (χ1v) is 5.89. The monoisotopic (exact) mass is 281 g/mol. The normalized spacial score (nSPS) is 12.9. The number of hydrogen-bond acceptors (Lipinski definition) is 2. The third-order valence-corrected chi connectivity index (χ3v) is 2.57. The molecule has 0 aliphatic carbocycles.